The molecule has 0 unspecified atom stereocenters. The van der Waals surface area contributed by atoms with Gasteiger partial charge in [0.25, 0.3) is 5.91 Å². The van der Waals surface area contributed by atoms with Gasteiger partial charge in [-0.05, 0) is 67.6 Å². The molecule has 1 aliphatic heterocycles. The number of benzene rings is 1. The molecule has 1 fully saturated rings. The molecule has 7 nitrogen and oxygen atoms in total. The summed E-state index contributed by atoms with van der Waals surface area (Å²) in [6, 6.07) is 5.36. The van der Waals surface area contributed by atoms with Gasteiger partial charge in [-0.25, -0.2) is 18.2 Å². The number of nitrogens with zero attached hydrogens (tertiary/aromatic N) is 2. The zero-order valence-corrected chi connectivity index (χ0v) is 21.4. The van der Waals surface area contributed by atoms with Crippen LogP contribution in [0.4, 0.5) is 13.2 Å². The summed E-state index contributed by atoms with van der Waals surface area (Å²) in [6.45, 7) is 5.45. The summed E-state index contributed by atoms with van der Waals surface area (Å²) in [6.07, 6.45) is 2.63. The second-order valence-electron chi connectivity index (χ2n) is 9.72. The number of hydrogen-bond acceptors (Lipinski definition) is 6. The van der Waals surface area contributed by atoms with E-state index in [1.165, 1.54) is 13.2 Å². The number of nitrogens with one attached hydrogen (secondary N) is 1. The van der Waals surface area contributed by atoms with Gasteiger partial charge in [0.1, 0.15) is 28.8 Å². The van der Waals surface area contributed by atoms with Crippen molar-refractivity contribution in [2.45, 2.75) is 51.4 Å². The minimum absolute atomic E-state index is 0.0751. The van der Waals surface area contributed by atoms with Crippen LogP contribution in [0.5, 0.6) is 0 Å². The Bertz CT molecular complexity index is 1360. The van der Waals surface area contributed by atoms with Crippen LogP contribution >= 0.6 is 0 Å². The highest BCUT2D eigenvalue weighted by molar-refractivity contribution is 5.97. The number of Topliss-reactive ketones (excluding diaryl/α,β-unsaturated/α-hetero) is 1. The molecule has 1 saturated heterocycles. The maximum atomic E-state index is 14.8. The second kappa shape index (κ2) is 10.6. The second-order valence-corrected chi connectivity index (χ2v) is 9.72. The van der Waals surface area contributed by atoms with Crippen LogP contribution in [0.25, 0.3) is 11.3 Å². The predicted octanol–water partition coefficient (Wildman–Crippen LogP) is 4.58. The molecule has 4 rings (SSSR count). The van der Waals surface area contributed by atoms with Crippen molar-refractivity contribution in [1.29, 1.82) is 0 Å². The lowest BCUT2D eigenvalue weighted by molar-refractivity contribution is -0.189. The van der Waals surface area contributed by atoms with E-state index in [1.54, 1.807) is 26.1 Å². The Balaban J connectivity index is 1.64. The third-order valence-electron chi connectivity index (χ3n) is 7.30. The number of aliphatic hydroxyl groups is 1. The van der Waals surface area contributed by atoms with E-state index < -0.39 is 52.1 Å². The van der Waals surface area contributed by atoms with Gasteiger partial charge in [0.15, 0.2) is 5.78 Å². The molecule has 0 bridgehead atoms. The number of halogens is 3. The number of ketones is 1. The highest BCUT2D eigenvalue weighted by atomic mass is 19.1. The zero-order valence-electron chi connectivity index (χ0n) is 21.4. The van der Waals surface area contributed by atoms with Crippen LogP contribution in [-0.4, -0.2) is 45.5 Å². The normalized spacial score (nSPS) is 23.2. The third-order valence-corrected chi connectivity index (χ3v) is 7.30. The first kappa shape index (κ1) is 27.4. The first-order chi connectivity index (χ1) is 17.9. The van der Waals surface area contributed by atoms with Crippen LogP contribution in [0.15, 0.2) is 42.7 Å². The fourth-order valence-electron chi connectivity index (χ4n) is 4.61. The average molecular weight is 528 g/mol. The van der Waals surface area contributed by atoms with Gasteiger partial charge in [0.2, 0.25) is 0 Å². The lowest BCUT2D eigenvalue weighted by atomic mass is 9.78. The summed E-state index contributed by atoms with van der Waals surface area (Å²) in [4.78, 5) is 33.0. The standard InChI is InChI=1S/C28H28F3N3O4/c1-14-9-24(38-15(2)28(14,3)37)18-7-8-33-13-17(18)12-23(35)22-6-5-19(29)26(34-22)25-20(30)10-16(11-21(25)31)27(36)32-4/h5-8,10-11,13-15,24,37H,9,12H2,1-4H3,(H,32,36)/t14-,15-,24-,28+/m1/s1. The molecule has 1 aliphatic rings. The Kier molecular flexibility index (Phi) is 7.66. The molecular formula is C28H28F3N3O4. The SMILES string of the molecule is CNC(=O)c1cc(F)c(-c2nc(C(=O)Cc3cnccc3[C@H]3C[C@@H](C)[C@](C)(O)[C@@H](C)O3)ccc2F)c(F)c1. The Morgan fingerprint density at radius 1 is 1.13 bits per heavy atom. The van der Waals surface area contributed by atoms with Crippen LogP contribution in [-0.2, 0) is 11.2 Å². The minimum Gasteiger partial charge on any atom is -0.387 e. The molecule has 1 aromatic carbocycles. The van der Waals surface area contributed by atoms with Crippen molar-refractivity contribution in [3.8, 4) is 11.3 Å². The van der Waals surface area contributed by atoms with Gasteiger partial charge < -0.3 is 15.2 Å². The van der Waals surface area contributed by atoms with Gasteiger partial charge in [-0.1, -0.05) is 6.92 Å². The summed E-state index contributed by atoms with van der Waals surface area (Å²) in [7, 11) is 1.31. The largest absolute Gasteiger partial charge is 0.387 e. The van der Waals surface area contributed by atoms with Gasteiger partial charge in [-0.3, -0.25) is 14.6 Å². The van der Waals surface area contributed by atoms with Crippen LogP contribution in [0, 0.1) is 23.4 Å². The van der Waals surface area contributed by atoms with Crippen molar-refractivity contribution in [2.24, 2.45) is 5.92 Å². The Hall–Kier alpha value is -3.63. The molecule has 2 aromatic heterocycles. The Morgan fingerprint density at radius 2 is 1.82 bits per heavy atom. The lowest BCUT2D eigenvalue weighted by Crippen LogP contribution is -2.49. The molecule has 0 saturated carbocycles. The van der Waals surface area contributed by atoms with E-state index in [0.717, 1.165) is 29.8 Å². The smallest absolute Gasteiger partial charge is 0.251 e. The van der Waals surface area contributed by atoms with Crippen LogP contribution in [0.2, 0.25) is 0 Å². The molecule has 1 amide bonds. The molecule has 3 heterocycles. The van der Waals surface area contributed by atoms with E-state index in [9.17, 15) is 27.9 Å². The number of amides is 1. The van der Waals surface area contributed by atoms with Gasteiger partial charge >= 0.3 is 0 Å². The van der Waals surface area contributed by atoms with E-state index in [0.29, 0.717) is 12.0 Å². The Morgan fingerprint density at radius 3 is 2.45 bits per heavy atom. The molecular weight excluding hydrogens is 499 g/mol. The molecule has 0 aliphatic carbocycles. The maximum absolute atomic E-state index is 14.8. The highest BCUT2D eigenvalue weighted by Crippen LogP contribution is 2.41. The summed E-state index contributed by atoms with van der Waals surface area (Å²) in [5, 5.41) is 12.9. The highest BCUT2D eigenvalue weighted by Gasteiger charge is 2.43. The fraction of sp³-hybridized carbons (Fsp3) is 0.357. The van der Waals surface area contributed by atoms with E-state index >= 15 is 0 Å². The Labute approximate surface area is 218 Å². The summed E-state index contributed by atoms with van der Waals surface area (Å²) in [5.41, 5.74) is -1.65. The fourth-order valence-corrected chi connectivity index (χ4v) is 4.61. The minimum atomic E-state index is -1.19. The molecule has 200 valence electrons. The average Bonchev–Trinajstić information content (AvgIpc) is 2.87. The number of pyridine rings is 2. The van der Waals surface area contributed by atoms with Crippen molar-refractivity contribution in [2.75, 3.05) is 7.05 Å². The first-order valence-corrected chi connectivity index (χ1v) is 12.2. The predicted molar refractivity (Wildman–Crippen MR) is 133 cm³/mol. The zero-order chi connectivity index (χ0) is 27.8. The van der Waals surface area contributed by atoms with Gasteiger partial charge in [-0.15, -0.1) is 0 Å². The number of ether oxygens (including phenoxy) is 1. The van der Waals surface area contributed by atoms with Crippen LogP contribution in [0.3, 0.4) is 0 Å². The molecule has 38 heavy (non-hydrogen) atoms. The number of carbonyl (C=O) groups excluding carboxylic acids is 2. The van der Waals surface area contributed by atoms with Gasteiger partial charge in [0.05, 0.1) is 23.4 Å². The molecule has 2 N–H and O–H groups in total. The number of aromatic nitrogens is 2. The van der Waals surface area contributed by atoms with Crippen molar-refractivity contribution in [3.05, 3.63) is 82.6 Å². The summed E-state index contributed by atoms with van der Waals surface area (Å²) in [5.74, 6) is -4.72. The number of rotatable bonds is 6. The van der Waals surface area contributed by atoms with Crippen molar-refractivity contribution >= 4 is 11.7 Å². The lowest BCUT2D eigenvalue weighted by Gasteiger charge is -2.44. The maximum Gasteiger partial charge on any atom is 0.251 e. The first-order valence-electron chi connectivity index (χ1n) is 12.2. The summed E-state index contributed by atoms with van der Waals surface area (Å²) < 4.78 is 50.3. The summed E-state index contributed by atoms with van der Waals surface area (Å²) >= 11 is 0. The molecule has 10 heteroatoms. The molecule has 3 aromatic rings. The topological polar surface area (TPSA) is 101 Å². The van der Waals surface area contributed by atoms with E-state index in [2.05, 4.69) is 15.3 Å². The number of hydrogen-bond donors (Lipinski definition) is 2. The van der Waals surface area contributed by atoms with E-state index in [4.69, 9.17) is 4.74 Å². The van der Waals surface area contributed by atoms with Crippen LogP contribution in [0.1, 0.15) is 65.3 Å². The van der Waals surface area contributed by atoms with Gasteiger partial charge in [-0.2, -0.15) is 0 Å². The third kappa shape index (κ3) is 5.19. The van der Waals surface area contributed by atoms with E-state index in [-0.39, 0.29) is 29.7 Å². The quantitative estimate of drug-likeness (QED) is 0.455. The number of carbonyl (C=O) groups is 2. The van der Waals surface area contributed by atoms with Crippen molar-refractivity contribution < 1.29 is 32.6 Å². The van der Waals surface area contributed by atoms with Crippen molar-refractivity contribution in [3.63, 3.8) is 0 Å². The van der Waals surface area contributed by atoms with Crippen molar-refractivity contribution in [1.82, 2.24) is 15.3 Å². The molecule has 0 radical (unpaired) electrons. The van der Waals surface area contributed by atoms with E-state index in [1.807, 2.05) is 6.92 Å². The monoisotopic (exact) mass is 527 g/mol. The molecule has 4 atom stereocenters. The van der Waals surface area contributed by atoms with Crippen LogP contribution < -0.4 is 5.32 Å². The van der Waals surface area contributed by atoms with Gasteiger partial charge in [0, 0.05) is 31.4 Å². The molecule has 0 spiro atoms.